The Morgan fingerprint density at radius 3 is 2.74 bits per heavy atom. The smallest absolute Gasteiger partial charge is 0.348 e. The van der Waals surface area contributed by atoms with Gasteiger partial charge in [0.25, 0.3) is 5.91 Å². The Morgan fingerprint density at radius 1 is 1.32 bits per heavy atom. The van der Waals surface area contributed by atoms with E-state index in [9.17, 15) is 9.59 Å². The van der Waals surface area contributed by atoms with E-state index in [4.69, 9.17) is 16.7 Å². The van der Waals surface area contributed by atoms with Crippen LogP contribution in [0, 0.1) is 6.92 Å². The lowest BCUT2D eigenvalue weighted by Crippen LogP contribution is -2.14. The Hall–Kier alpha value is -1.85. The van der Waals surface area contributed by atoms with Crippen LogP contribution < -0.4 is 5.32 Å². The van der Waals surface area contributed by atoms with Crippen molar-refractivity contribution in [1.82, 2.24) is 0 Å². The third-order valence-electron chi connectivity index (χ3n) is 2.55. The van der Waals surface area contributed by atoms with Crippen LogP contribution in [0.25, 0.3) is 0 Å². The second kappa shape index (κ2) is 5.42. The van der Waals surface area contributed by atoms with E-state index in [2.05, 4.69) is 5.32 Å². The highest BCUT2D eigenvalue weighted by atomic mass is 35.5. The highest BCUT2D eigenvalue weighted by molar-refractivity contribution is 7.12. The van der Waals surface area contributed by atoms with Crippen LogP contribution in [0.1, 0.15) is 25.6 Å². The van der Waals surface area contributed by atoms with E-state index >= 15 is 0 Å². The van der Waals surface area contributed by atoms with Crippen LogP contribution in [0.15, 0.2) is 29.6 Å². The summed E-state index contributed by atoms with van der Waals surface area (Å²) < 4.78 is 0. The van der Waals surface area contributed by atoms with Crippen molar-refractivity contribution in [2.75, 3.05) is 5.32 Å². The molecule has 0 aliphatic rings. The lowest BCUT2D eigenvalue weighted by Gasteiger charge is -2.07. The highest BCUT2D eigenvalue weighted by Gasteiger charge is 2.16. The maximum Gasteiger partial charge on any atom is 0.348 e. The summed E-state index contributed by atoms with van der Waals surface area (Å²) in [4.78, 5) is 23.2. The molecule has 0 spiro atoms. The number of hydrogen-bond acceptors (Lipinski definition) is 3. The number of rotatable bonds is 3. The molecule has 0 radical (unpaired) electrons. The number of carbonyl (C=O) groups excluding carboxylic acids is 1. The molecule has 98 valence electrons. The molecule has 2 N–H and O–H groups in total. The first-order chi connectivity index (χ1) is 8.99. The lowest BCUT2D eigenvalue weighted by atomic mass is 10.1. The molecule has 6 heteroatoms. The molecule has 0 atom stereocenters. The van der Waals surface area contributed by atoms with Crippen LogP contribution in [0.2, 0.25) is 5.02 Å². The Bertz CT molecular complexity index is 651. The fourth-order valence-electron chi connectivity index (χ4n) is 1.60. The predicted octanol–water partition coefficient (Wildman–Crippen LogP) is 3.66. The van der Waals surface area contributed by atoms with Crippen LogP contribution in [0.5, 0.6) is 0 Å². The molecule has 0 fully saturated rings. The largest absolute Gasteiger partial charge is 0.477 e. The van der Waals surface area contributed by atoms with Crippen molar-refractivity contribution in [3.63, 3.8) is 0 Å². The van der Waals surface area contributed by atoms with Gasteiger partial charge in [0.15, 0.2) is 0 Å². The first kappa shape index (κ1) is 13.6. The molecule has 2 rings (SSSR count). The molecule has 1 amide bonds. The van der Waals surface area contributed by atoms with Gasteiger partial charge in [0.05, 0.1) is 5.69 Å². The minimum atomic E-state index is -1.06. The minimum absolute atomic E-state index is 0.105. The van der Waals surface area contributed by atoms with Gasteiger partial charge < -0.3 is 10.4 Å². The van der Waals surface area contributed by atoms with Crippen molar-refractivity contribution in [3.8, 4) is 0 Å². The van der Waals surface area contributed by atoms with Gasteiger partial charge in [-0.25, -0.2) is 4.79 Å². The van der Waals surface area contributed by atoms with Crippen molar-refractivity contribution in [3.05, 3.63) is 50.7 Å². The number of anilines is 1. The first-order valence-corrected chi connectivity index (χ1v) is 6.63. The number of aromatic carboxylic acids is 1. The molecular formula is C13H10ClNO3S. The zero-order chi connectivity index (χ0) is 14.0. The van der Waals surface area contributed by atoms with Crippen LogP contribution in [-0.4, -0.2) is 17.0 Å². The number of halogens is 1. The van der Waals surface area contributed by atoms with Gasteiger partial charge in [0, 0.05) is 10.6 Å². The Kier molecular flexibility index (Phi) is 3.87. The lowest BCUT2D eigenvalue weighted by molar-refractivity contribution is 0.0703. The SMILES string of the molecule is Cc1ccc(Cl)cc1C(=O)Nc1ccsc1C(=O)O. The zero-order valence-electron chi connectivity index (χ0n) is 9.94. The van der Waals surface area contributed by atoms with Gasteiger partial charge in [-0.15, -0.1) is 11.3 Å². The van der Waals surface area contributed by atoms with E-state index in [1.165, 1.54) is 0 Å². The highest BCUT2D eigenvalue weighted by Crippen LogP contribution is 2.24. The van der Waals surface area contributed by atoms with Crippen molar-refractivity contribution in [2.24, 2.45) is 0 Å². The molecule has 19 heavy (non-hydrogen) atoms. The third kappa shape index (κ3) is 2.94. The molecule has 1 aromatic heterocycles. The number of hydrogen-bond donors (Lipinski definition) is 2. The summed E-state index contributed by atoms with van der Waals surface area (Å²) >= 11 is 6.91. The van der Waals surface area contributed by atoms with Gasteiger partial charge in [0.2, 0.25) is 0 Å². The molecule has 1 heterocycles. The Balaban J connectivity index is 2.28. The Morgan fingerprint density at radius 2 is 2.05 bits per heavy atom. The topological polar surface area (TPSA) is 66.4 Å². The Labute approximate surface area is 118 Å². The molecular weight excluding hydrogens is 286 g/mol. The monoisotopic (exact) mass is 295 g/mol. The molecule has 0 aliphatic heterocycles. The maximum atomic E-state index is 12.1. The van der Waals surface area contributed by atoms with E-state index in [0.29, 0.717) is 16.3 Å². The summed E-state index contributed by atoms with van der Waals surface area (Å²) in [6, 6.07) is 6.55. The molecule has 0 saturated carbocycles. The average Bonchev–Trinajstić information content (AvgIpc) is 2.80. The molecule has 2 aromatic rings. The maximum absolute atomic E-state index is 12.1. The fraction of sp³-hybridized carbons (Fsp3) is 0.0769. The van der Waals surface area contributed by atoms with Crippen molar-refractivity contribution < 1.29 is 14.7 Å². The summed E-state index contributed by atoms with van der Waals surface area (Å²) in [5.41, 5.74) is 1.49. The third-order valence-corrected chi connectivity index (χ3v) is 3.69. The normalized spacial score (nSPS) is 10.2. The number of nitrogens with one attached hydrogen (secondary N) is 1. The molecule has 0 bridgehead atoms. The van der Waals surface area contributed by atoms with E-state index < -0.39 is 5.97 Å². The van der Waals surface area contributed by atoms with E-state index in [-0.39, 0.29) is 10.8 Å². The van der Waals surface area contributed by atoms with Crippen molar-refractivity contribution >= 4 is 40.5 Å². The molecule has 0 unspecified atom stereocenters. The fourth-order valence-corrected chi connectivity index (χ4v) is 2.46. The van der Waals surface area contributed by atoms with Crippen LogP contribution in [0.4, 0.5) is 5.69 Å². The van der Waals surface area contributed by atoms with Crippen LogP contribution in [-0.2, 0) is 0 Å². The standard InChI is InChI=1S/C13H10ClNO3S/c1-7-2-3-8(14)6-9(7)12(16)15-10-4-5-19-11(10)13(17)18/h2-6H,1H3,(H,15,16)(H,17,18). The van der Waals surface area contributed by atoms with Crippen molar-refractivity contribution in [2.45, 2.75) is 6.92 Å². The second-order valence-corrected chi connectivity index (χ2v) is 5.23. The molecule has 0 aliphatic carbocycles. The van der Waals surface area contributed by atoms with E-state index in [1.807, 2.05) is 0 Å². The summed E-state index contributed by atoms with van der Waals surface area (Å²) in [5, 5.41) is 13.6. The number of benzene rings is 1. The summed E-state index contributed by atoms with van der Waals surface area (Å²) in [6.45, 7) is 1.79. The summed E-state index contributed by atoms with van der Waals surface area (Å²) in [5.74, 6) is -1.44. The number of carboxylic acid groups (broad SMARTS) is 1. The van der Waals surface area contributed by atoms with Gasteiger partial charge in [-0.1, -0.05) is 17.7 Å². The second-order valence-electron chi connectivity index (χ2n) is 3.88. The van der Waals surface area contributed by atoms with Gasteiger partial charge in [0.1, 0.15) is 4.88 Å². The number of thiophene rings is 1. The average molecular weight is 296 g/mol. The van der Waals surface area contributed by atoms with Crippen LogP contribution >= 0.6 is 22.9 Å². The molecule has 4 nitrogen and oxygen atoms in total. The minimum Gasteiger partial charge on any atom is -0.477 e. The van der Waals surface area contributed by atoms with Gasteiger partial charge in [-0.2, -0.15) is 0 Å². The quantitative estimate of drug-likeness (QED) is 0.908. The zero-order valence-corrected chi connectivity index (χ0v) is 11.5. The number of aryl methyl sites for hydroxylation is 1. The van der Waals surface area contributed by atoms with E-state index in [1.54, 1.807) is 36.6 Å². The van der Waals surface area contributed by atoms with Gasteiger partial charge in [-0.05, 0) is 36.1 Å². The number of carboxylic acids is 1. The molecule has 1 aromatic carbocycles. The number of carbonyl (C=O) groups is 2. The predicted molar refractivity (Wildman–Crippen MR) is 75.4 cm³/mol. The van der Waals surface area contributed by atoms with Gasteiger partial charge in [-0.3, -0.25) is 4.79 Å². The number of amides is 1. The summed E-state index contributed by atoms with van der Waals surface area (Å²) in [7, 11) is 0. The van der Waals surface area contributed by atoms with Crippen molar-refractivity contribution in [1.29, 1.82) is 0 Å². The van der Waals surface area contributed by atoms with Crippen LogP contribution in [0.3, 0.4) is 0 Å². The van der Waals surface area contributed by atoms with Gasteiger partial charge >= 0.3 is 5.97 Å². The first-order valence-electron chi connectivity index (χ1n) is 5.37. The van der Waals surface area contributed by atoms with E-state index in [0.717, 1.165) is 16.9 Å². The summed E-state index contributed by atoms with van der Waals surface area (Å²) in [6.07, 6.45) is 0. The molecule has 0 saturated heterocycles.